The van der Waals surface area contributed by atoms with Crippen LogP contribution < -0.4 is 5.73 Å². The van der Waals surface area contributed by atoms with E-state index in [2.05, 4.69) is 0 Å². The fourth-order valence-electron chi connectivity index (χ4n) is 1.84. The Morgan fingerprint density at radius 1 is 1.46 bits per heavy atom. The summed E-state index contributed by atoms with van der Waals surface area (Å²) in [5.74, 6) is -0.291. The number of alkyl halides is 3. The molecule has 0 aromatic carbocycles. The molecule has 0 radical (unpaired) electrons. The van der Waals surface area contributed by atoms with E-state index in [9.17, 15) is 13.2 Å². The third kappa shape index (κ3) is 2.14. The normalized spacial score (nSPS) is 36.2. The summed E-state index contributed by atoms with van der Waals surface area (Å²) in [4.78, 5) is 0. The molecular weight excluding hydrogens is 183 g/mol. The van der Waals surface area contributed by atoms with E-state index in [0.717, 1.165) is 0 Å². The summed E-state index contributed by atoms with van der Waals surface area (Å²) in [6, 6.07) is 0. The van der Waals surface area contributed by atoms with Gasteiger partial charge in [0, 0.05) is 6.61 Å². The van der Waals surface area contributed by atoms with Crippen LogP contribution in [0.25, 0.3) is 0 Å². The van der Waals surface area contributed by atoms with E-state index >= 15 is 0 Å². The van der Waals surface area contributed by atoms with Crippen molar-refractivity contribution in [1.29, 1.82) is 0 Å². The van der Waals surface area contributed by atoms with E-state index in [1.165, 1.54) is 0 Å². The number of aliphatic hydroxyl groups excluding tert-OH is 1. The minimum absolute atomic E-state index is 0.0208. The fraction of sp³-hybridized carbons (Fsp3) is 1.00. The van der Waals surface area contributed by atoms with Crippen molar-refractivity contribution in [3.63, 3.8) is 0 Å². The van der Waals surface area contributed by atoms with Gasteiger partial charge in [-0.2, -0.15) is 13.2 Å². The van der Waals surface area contributed by atoms with Gasteiger partial charge in [0.25, 0.3) is 0 Å². The largest absolute Gasteiger partial charge is 0.406 e. The summed E-state index contributed by atoms with van der Waals surface area (Å²) >= 11 is 0. The van der Waals surface area contributed by atoms with Crippen molar-refractivity contribution in [2.75, 3.05) is 6.61 Å². The maximum absolute atomic E-state index is 12.4. The van der Waals surface area contributed by atoms with Crippen molar-refractivity contribution in [3.05, 3.63) is 0 Å². The Morgan fingerprint density at radius 2 is 2.08 bits per heavy atom. The lowest BCUT2D eigenvalue weighted by Crippen LogP contribution is -2.56. The highest BCUT2D eigenvalue weighted by atomic mass is 19.4. The molecule has 0 aliphatic heterocycles. The number of aliphatic hydroxyl groups is 1. The lowest BCUT2D eigenvalue weighted by molar-refractivity contribution is -0.198. The molecule has 0 saturated heterocycles. The van der Waals surface area contributed by atoms with Crippen LogP contribution in [0.4, 0.5) is 13.2 Å². The van der Waals surface area contributed by atoms with Crippen LogP contribution in [0.2, 0.25) is 0 Å². The molecule has 1 rings (SSSR count). The average molecular weight is 197 g/mol. The fourth-order valence-corrected chi connectivity index (χ4v) is 1.84. The summed E-state index contributed by atoms with van der Waals surface area (Å²) in [6.45, 7) is -0.199. The summed E-state index contributed by atoms with van der Waals surface area (Å²) < 4.78 is 37.3. The topological polar surface area (TPSA) is 46.2 Å². The first-order chi connectivity index (χ1) is 5.89. The van der Waals surface area contributed by atoms with Crippen LogP contribution in [-0.4, -0.2) is 23.4 Å². The maximum Gasteiger partial charge on any atom is 0.406 e. The molecule has 3 N–H and O–H groups in total. The Balaban J connectivity index is 2.68. The number of hydrogen-bond acceptors (Lipinski definition) is 2. The molecule has 13 heavy (non-hydrogen) atoms. The molecule has 1 aliphatic rings. The van der Waals surface area contributed by atoms with Gasteiger partial charge < -0.3 is 10.8 Å². The van der Waals surface area contributed by atoms with Gasteiger partial charge in [-0.15, -0.1) is 0 Å². The summed E-state index contributed by atoms with van der Waals surface area (Å²) in [6.07, 6.45) is -3.42. The molecule has 1 saturated carbocycles. The number of halogens is 3. The SMILES string of the molecule is NC1(C(F)(F)F)CCCC(CO)C1. The Kier molecular flexibility index (Phi) is 2.87. The molecule has 0 bridgehead atoms. The minimum Gasteiger partial charge on any atom is -0.396 e. The van der Waals surface area contributed by atoms with E-state index in [4.69, 9.17) is 10.8 Å². The predicted octanol–water partition coefficient (Wildman–Crippen LogP) is 1.43. The second-order valence-corrected chi connectivity index (χ2v) is 3.80. The van der Waals surface area contributed by atoms with E-state index < -0.39 is 11.7 Å². The highest BCUT2D eigenvalue weighted by Gasteiger charge is 2.53. The summed E-state index contributed by atoms with van der Waals surface area (Å²) in [7, 11) is 0. The van der Waals surface area contributed by atoms with Gasteiger partial charge in [-0.25, -0.2) is 0 Å². The third-order valence-electron chi connectivity index (χ3n) is 2.71. The van der Waals surface area contributed by atoms with Gasteiger partial charge >= 0.3 is 6.18 Å². The van der Waals surface area contributed by atoms with Gasteiger partial charge in [-0.05, 0) is 25.2 Å². The van der Waals surface area contributed by atoms with Crippen molar-refractivity contribution in [2.45, 2.75) is 37.4 Å². The number of hydrogen-bond donors (Lipinski definition) is 2. The highest BCUT2D eigenvalue weighted by Crippen LogP contribution is 2.41. The highest BCUT2D eigenvalue weighted by molar-refractivity contribution is 4.96. The molecule has 0 heterocycles. The number of nitrogens with two attached hydrogens (primary N) is 1. The van der Waals surface area contributed by atoms with Crippen LogP contribution in [0.1, 0.15) is 25.7 Å². The smallest absolute Gasteiger partial charge is 0.396 e. The zero-order chi connectivity index (χ0) is 10.1. The quantitative estimate of drug-likeness (QED) is 0.668. The van der Waals surface area contributed by atoms with Crippen molar-refractivity contribution in [1.82, 2.24) is 0 Å². The van der Waals surface area contributed by atoms with Gasteiger partial charge in [0.2, 0.25) is 0 Å². The molecule has 0 spiro atoms. The van der Waals surface area contributed by atoms with Crippen molar-refractivity contribution < 1.29 is 18.3 Å². The molecular formula is C8H14F3NO. The van der Waals surface area contributed by atoms with Crippen molar-refractivity contribution in [3.8, 4) is 0 Å². The first-order valence-electron chi connectivity index (χ1n) is 4.35. The zero-order valence-corrected chi connectivity index (χ0v) is 7.27. The Hall–Kier alpha value is -0.290. The van der Waals surface area contributed by atoms with Gasteiger partial charge in [0.05, 0.1) is 0 Å². The van der Waals surface area contributed by atoms with Crippen molar-refractivity contribution >= 4 is 0 Å². The van der Waals surface area contributed by atoms with Crippen LogP contribution in [0.15, 0.2) is 0 Å². The molecule has 0 aromatic rings. The first-order valence-corrected chi connectivity index (χ1v) is 4.35. The third-order valence-corrected chi connectivity index (χ3v) is 2.71. The average Bonchev–Trinajstić information content (AvgIpc) is 2.02. The van der Waals surface area contributed by atoms with E-state index in [-0.39, 0.29) is 25.4 Å². The molecule has 1 fully saturated rings. The first kappa shape index (κ1) is 10.8. The predicted molar refractivity (Wildman–Crippen MR) is 42.0 cm³/mol. The van der Waals surface area contributed by atoms with E-state index in [0.29, 0.717) is 12.8 Å². The Labute approximate surface area is 74.9 Å². The van der Waals surface area contributed by atoms with Crippen LogP contribution in [-0.2, 0) is 0 Å². The lowest BCUT2D eigenvalue weighted by atomic mass is 9.76. The molecule has 5 heteroatoms. The Morgan fingerprint density at radius 3 is 2.54 bits per heavy atom. The molecule has 1 aliphatic carbocycles. The second kappa shape index (κ2) is 3.46. The number of rotatable bonds is 1. The molecule has 2 nitrogen and oxygen atoms in total. The van der Waals surface area contributed by atoms with Gasteiger partial charge in [0.15, 0.2) is 0 Å². The molecule has 0 aromatic heterocycles. The Bertz CT molecular complexity index is 183. The monoisotopic (exact) mass is 197 g/mol. The zero-order valence-electron chi connectivity index (χ0n) is 7.27. The van der Waals surface area contributed by atoms with Crippen LogP contribution >= 0.6 is 0 Å². The van der Waals surface area contributed by atoms with Crippen LogP contribution in [0, 0.1) is 5.92 Å². The second-order valence-electron chi connectivity index (χ2n) is 3.80. The van der Waals surface area contributed by atoms with Crippen LogP contribution in [0.3, 0.4) is 0 Å². The molecule has 0 amide bonds. The molecule has 2 unspecified atom stereocenters. The van der Waals surface area contributed by atoms with E-state index in [1.54, 1.807) is 0 Å². The van der Waals surface area contributed by atoms with Gasteiger partial charge in [-0.3, -0.25) is 0 Å². The van der Waals surface area contributed by atoms with E-state index in [1.807, 2.05) is 0 Å². The standard InChI is InChI=1S/C8H14F3NO/c9-8(10,11)7(12)3-1-2-6(4-7)5-13/h6,13H,1-5,12H2. The summed E-state index contributed by atoms with van der Waals surface area (Å²) in [5, 5.41) is 8.77. The minimum atomic E-state index is -4.35. The lowest BCUT2D eigenvalue weighted by Gasteiger charge is -2.38. The van der Waals surface area contributed by atoms with Gasteiger partial charge in [-0.1, -0.05) is 6.42 Å². The molecule has 78 valence electrons. The molecule has 2 atom stereocenters. The maximum atomic E-state index is 12.4. The van der Waals surface area contributed by atoms with Crippen molar-refractivity contribution in [2.24, 2.45) is 11.7 Å². The summed E-state index contributed by atoms with van der Waals surface area (Å²) in [5.41, 5.74) is 3.20. The van der Waals surface area contributed by atoms with Gasteiger partial charge in [0.1, 0.15) is 5.54 Å². The van der Waals surface area contributed by atoms with Crippen LogP contribution in [0.5, 0.6) is 0 Å².